The van der Waals surface area contributed by atoms with E-state index in [9.17, 15) is 4.79 Å². The van der Waals surface area contributed by atoms with Crippen molar-refractivity contribution in [1.29, 1.82) is 0 Å². The van der Waals surface area contributed by atoms with Crippen LogP contribution in [0.15, 0.2) is 16.7 Å². The first-order chi connectivity index (χ1) is 11.3. The largest absolute Gasteiger partial charge is 0.351 e. The van der Waals surface area contributed by atoms with Gasteiger partial charge >= 0.3 is 0 Å². The van der Waals surface area contributed by atoms with Crippen LogP contribution in [-0.4, -0.2) is 21.3 Å². The fourth-order valence-electron chi connectivity index (χ4n) is 3.53. The van der Waals surface area contributed by atoms with Crippen LogP contribution < -0.4 is 5.32 Å². The molecule has 2 heterocycles. The fourth-order valence-corrected chi connectivity index (χ4v) is 3.53. The first-order valence-electron chi connectivity index (χ1n) is 8.63. The molecule has 1 saturated carbocycles. The van der Waals surface area contributed by atoms with Gasteiger partial charge < -0.3 is 9.84 Å². The summed E-state index contributed by atoms with van der Waals surface area (Å²) in [5.74, 6) is 1.68. The van der Waals surface area contributed by atoms with E-state index in [1.807, 2.05) is 6.07 Å². The fraction of sp³-hybridized carbons (Fsp3) is 0.611. The Balaban J connectivity index is 1.59. The maximum atomic E-state index is 12.1. The number of aromatic amines is 1. The molecule has 3 rings (SSSR count). The highest BCUT2D eigenvalue weighted by Gasteiger charge is 2.30. The van der Waals surface area contributed by atoms with E-state index in [0.29, 0.717) is 22.8 Å². The molecule has 0 spiro atoms. The Kier molecular flexibility index (Phi) is 4.47. The lowest BCUT2D eigenvalue weighted by Gasteiger charge is -2.36. The highest BCUT2D eigenvalue weighted by atomic mass is 16.5. The topological polar surface area (TPSA) is 83.8 Å². The van der Waals surface area contributed by atoms with E-state index in [1.54, 1.807) is 13.0 Å². The van der Waals surface area contributed by atoms with Crippen molar-refractivity contribution < 1.29 is 9.32 Å². The highest BCUT2D eigenvalue weighted by Crippen LogP contribution is 2.42. The molecule has 130 valence electrons. The van der Waals surface area contributed by atoms with Gasteiger partial charge in [-0.3, -0.25) is 9.89 Å². The third kappa shape index (κ3) is 3.68. The van der Waals surface area contributed by atoms with E-state index in [0.717, 1.165) is 11.6 Å². The van der Waals surface area contributed by atoms with Gasteiger partial charge in [0.25, 0.3) is 5.91 Å². The van der Waals surface area contributed by atoms with Gasteiger partial charge in [-0.15, -0.1) is 0 Å². The minimum Gasteiger partial charge on any atom is -0.351 e. The number of hydrogen-bond donors (Lipinski definition) is 2. The summed E-state index contributed by atoms with van der Waals surface area (Å²) in [6, 6.07) is 3.54. The number of nitrogens with zero attached hydrogens (tertiary/aromatic N) is 2. The van der Waals surface area contributed by atoms with Crippen LogP contribution >= 0.6 is 0 Å². The predicted molar refractivity (Wildman–Crippen MR) is 91.9 cm³/mol. The molecule has 6 nitrogen and oxygen atoms in total. The summed E-state index contributed by atoms with van der Waals surface area (Å²) >= 11 is 0. The minimum absolute atomic E-state index is 0.197. The molecule has 0 unspecified atom stereocenters. The van der Waals surface area contributed by atoms with Crippen LogP contribution in [-0.2, 0) is 0 Å². The molecule has 0 saturated heterocycles. The number of carbonyl (C=O) groups excluding carboxylic acids is 1. The summed E-state index contributed by atoms with van der Waals surface area (Å²) in [5.41, 5.74) is 2.16. The zero-order valence-electron chi connectivity index (χ0n) is 14.8. The molecule has 2 aromatic heterocycles. The van der Waals surface area contributed by atoms with Crippen molar-refractivity contribution in [3.05, 3.63) is 29.3 Å². The predicted octanol–water partition coefficient (Wildman–Crippen LogP) is 4.28. The molecule has 2 N–H and O–H groups in total. The SMILES string of the molecule is Cc1cc(C(=O)Nc2cc(C3CCC(C(C)(C)C)CC3)[nH]n2)on1. The number of nitrogens with one attached hydrogen (secondary N) is 2. The number of aryl methyl sites for hydroxylation is 1. The number of H-pyrrole nitrogens is 1. The van der Waals surface area contributed by atoms with Gasteiger partial charge in [0.2, 0.25) is 5.76 Å². The lowest BCUT2D eigenvalue weighted by Crippen LogP contribution is -2.25. The Labute approximate surface area is 142 Å². The van der Waals surface area contributed by atoms with E-state index >= 15 is 0 Å². The Bertz CT molecular complexity index is 703. The van der Waals surface area contributed by atoms with Crippen LogP contribution in [0.4, 0.5) is 5.82 Å². The van der Waals surface area contributed by atoms with Crippen LogP contribution in [0.1, 0.15) is 74.3 Å². The molecule has 24 heavy (non-hydrogen) atoms. The van der Waals surface area contributed by atoms with E-state index in [-0.39, 0.29) is 11.7 Å². The maximum absolute atomic E-state index is 12.1. The van der Waals surface area contributed by atoms with Gasteiger partial charge in [0, 0.05) is 23.7 Å². The van der Waals surface area contributed by atoms with Crippen LogP contribution in [0.5, 0.6) is 0 Å². The second-order valence-electron chi connectivity index (χ2n) is 7.91. The lowest BCUT2D eigenvalue weighted by molar-refractivity contribution is 0.0987. The molecule has 2 aromatic rings. The smallest absolute Gasteiger partial charge is 0.295 e. The third-order valence-electron chi connectivity index (χ3n) is 5.08. The highest BCUT2D eigenvalue weighted by molar-refractivity contribution is 6.01. The number of carbonyl (C=O) groups is 1. The number of hydrogen-bond acceptors (Lipinski definition) is 4. The van der Waals surface area contributed by atoms with Gasteiger partial charge in [-0.1, -0.05) is 25.9 Å². The van der Waals surface area contributed by atoms with Crippen molar-refractivity contribution in [3.63, 3.8) is 0 Å². The van der Waals surface area contributed by atoms with Crippen molar-refractivity contribution >= 4 is 11.7 Å². The molecule has 1 aliphatic carbocycles. The average molecular weight is 330 g/mol. The van der Waals surface area contributed by atoms with Gasteiger partial charge in [-0.2, -0.15) is 5.10 Å². The molecular formula is C18H26N4O2. The molecular weight excluding hydrogens is 304 g/mol. The number of amides is 1. The Morgan fingerprint density at radius 2 is 1.96 bits per heavy atom. The van der Waals surface area contributed by atoms with Gasteiger partial charge in [-0.05, 0) is 43.9 Å². The Morgan fingerprint density at radius 1 is 1.25 bits per heavy atom. The quantitative estimate of drug-likeness (QED) is 0.880. The normalized spacial score (nSPS) is 21.7. The average Bonchev–Trinajstić information content (AvgIpc) is 3.16. The molecule has 1 amide bonds. The van der Waals surface area contributed by atoms with Crippen molar-refractivity contribution in [2.24, 2.45) is 11.3 Å². The molecule has 0 aliphatic heterocycles. The summed E-state index contributed by atoms with van der Waals surface area (Å²) in [7, 11) is 0. The van der Waals surface area contributed by atoms with Crippen molar-refractivity contribution in [1.82, 2.24) is 15.4 Å². The van der Waals surface area contributed by atoms with E-state index in [1.165, 1.54) is 25.7 Å². The molecule has 0 radical (unpaired) electrons. The van der Waals surface area contributed by atoms with Gasteiger partial charge in [0.05, 0.1) is 5.69 Å². The Hall–Kier alpha value is -2.11. The van der Waals surface area contributed by atoms with Gasteiger partial charge in [0.15, 0.2) is 5.82 Å². The number of anilines is 1. The standard InChI is InChI=1S/C18H26N4O2/c1-11-9-15(24-22-11)17(23)19-16-10-14(20-21-16)12-5-7-13(8-6-12)18(2,3)4/h9-10,12-13H,5-8H2,1-4H3,(H2,19,20,21,23). The van der Waals surface area contributed by atoms with Gasteiger partial charge in [0.1, 0.15) is 0 Å². The zero-order valence-corrected chi connectivity index (χ0v) is 14.8. The van der Waals surface area contributed by atoms with Gasteiger partial charge in [-0.25, -0.2) is 0 Å². The van der Waals surface area contributed by atoms with Crippen molar-refractivity contribution in [3.8, 4) is 0 Å². The van der Waals surface area contributed by atoms with E-state index in [4.69, 9.17) is 4.52 Å². The minimum atomic E-state index is -0.329. The molecule has 0 atom stereocenters. The van der Waals surface area contributed by atoms with Crippen LogP contribution in [0.3, 0.4) is 0 Å². The number of aromatic nitrogens is 3. The Morgan fingerprint density at radius 3 is 2.54 bits per heavy atom. The maximum Gasteiger partial charge on any atom is 0.295 e. The summed E-state index contributed by atoms with van der Waals surface area (Å²) in [5, 5.41) is 13.8. The molecule has 0 aromatic carbocycles. The molecule has 6 heteroatoms. The van der Waals surface area contributed by atoms with Crippen LogP contribution in [0.25, 0.3) is 0 Å². The first-order valence-corrected chi connectivity index (χ1v) is 8.63. The summed E-state index contributed by atoms with van der Waals surface area (Å²) in [6.07, 6.45) is 4.82. The second kappa shape index (κ2) is 6.42. The van der Waals surface area contributed by atoms with Crippen molar-refractivity contribution in [2.75, 3.05) is 5.32 Å². The van der Waals surface area contributed by atoms with E-state index < -0.39 is 0 Å². The summed E-state index contributed by atoms with van der Waals surface area (Å²) in [4.78, 5) is 12.1. The van der Waals surface area contributed by atoms with Crippen LogP contribution in [0, 0.1) is 18.3 Å². The van der Waals surface area contributed by atoms with Crippen LogP contribution in [0.2, 0.25) is 0 Å². The summed E-state index contributed by atoms with van der Waals surface area (Å²) in [6.45, 7) is 8.76. The molecule has 0 bridgehead atoms. The number of rotatable bonds is 3. The molecule has 1 fully saturated rings. The lowest BCUT2D eigenvalue weighted by atomic mass is 9.69. The van der Waals surface area contributed by atoms with Crippen molar-refractivity contribution in [2.45, 2.75) is 59.3 Å². The zero-order chi connectivity index (χ0) is 17.3. The van der Waals surface area contributed by atoms with E-state index in [2.05, 4.69) is 41.4 Å². The third-order valence-corrected chi connectivity index (χ3v) is 5.08. The second-order valence-corrected chi connectivity index (χ2v) is 7.91. The molecule has 1 aliphatic rings. The summed E-state index contributed by atoms with van der Waals surface area (Å²) < 4.78 is 4.97. The monoisotopic (exact) mass is 330 g/mol. The first kappa shape index (κ1) is 16.7.